The SMILES string of the molecule is COC(=O)NC(C(=O)Nc1ccccc1CCC1CNCC(CCOc2ccc(C#N)cc2)O1)C(c1ccccc1)c1ccccc1. The fourth-order valence-corrected chi connectivity index (χ4v) is 5.82. The molecule has 5 rings (SSSR count). The largest absolute Gasteiger partial charge is 0.493 e. The summed E-state index contributed by atoms with van der Waals surface area (Å²) in [6, 6.07) is 35.3. The Morgan fingerprint density at radius 3 is 2.13 bits per heavy atom. The molecule has 4 aromatic carbocycles. The standard InChI is InChI=1S/C38H40N4O5/c1-45-38(44)42-36(35(29-11-4-2-5-12-29)30-13-6-3-7-14-30)37(43)41-34-15-9-8-10-28(34)18-21-32-25-40-26-33(47-32)22-23-46-31-19-16-27(24-39)17-20-31/h2-17,19-20,32-33,35-36,40H,18,21-23,25-26H2,1H3,(H,41,43)(H,42,44). The number of nitrogens with one attached hydrogen (secondary N) is 3. The summed E-state index contributed by atoms with van der Waals surface area (Å²) in [5.41, 5.74) is 4.04. The number of para-hydroxylation sites is 1. The van der Waals surface area contributed by atoms with Crippen LogP contribution in [0.3, 0.4) is 0 Å². The van der Waals surface area contributed by atoms with E-state index in [0.717, 1.165) is 48.4 Å². The molecule has 2 amide bonds. The highest BCUT2D eigenvalue weighted by Crippen LogP contribution is 2.30. The van der Waals surface area contributed by atoms with Gasteiger partial charge in [-0.25, -0.2) is 4.79 Å². The molecule has 0 radical (unpaired) electrons. The average Bonchev–Trinajstić information content (AvgIpc) is 3.12. The molecule has 3 N–H and O–H groups in total. The zero-order chi connectivity index (χ0) is 32.8. The lowest BCUT2D eigenvalue weighted by Crippen LogP contribution is -2.48. The van der Waals surface area contributed by atoms with E-state index in [4.69, 9.17) is 19.5 Å². The Bertz CT molecular complexity index is 1590. The van der Waals surface area contributed by atoms with E-state index in [-0.39, 0.29) is 18.1 Å². The van der Waals surface area contributed by atoms with Gasteiger partial charge in [0.2, 0.25) is 5.91 Å². The predicted molar refractivity (Wildman–Crippen MR) is 180 cm³/mol. The summed E-state index contributed by atoms with van der Waals surface area (Å²) in [5.74, 6) is -0.0764. The summed E-state index contributed by atoms with van der Waals surface area (Å²) < 4.78 is 17.2. The van der Waals surface area contributed by atoms with Crippen molar-refractivity contribution in [3.05, 3.63) is 131 Å². The number of anilines is 1. The molecule has 3 unspecified atom stereocenters. The Morgan fingerprint density at radius 2 is 1.49 bits per heavy atom. The fourth-order valence-electron chi connectivity index (χ4n) is 5.82. The molecule has 0 aliphatic carbocycles. The second-order valence-electron chi connectivity index (χ2n) is 11.4. The molecule has 47 heavy (non-hydrogen) atoms. The van der Waals surface area contributed by atoms with Gasteiger partial charge >= 0.3 is 6.09 Å². The summed E-state index contributed by atoms with van der Waals surface area (Å²) in [6.07, 6.45) is 1.51. The predicted octanol–water partition coefficient (Wildman–Crippen LogP) is 5.81. The summed E-state index contributed by atoms with van der Waals surface area (Å²) in [4.78, 5) is 26.6. The van der Waals surface area contributed by atoms with Gasteiger partial charge in [0.05, 0.1) is 37.6 Å². The van der Waals surface area contributed by atoms with Crippen molar-refractivity contribution in [1.82, 2.24) is 10.6 Å². The quantitative estimate of drug-likeness (QED) is 0.170. The fraction of sp³-hybridized carbons (Fsp3) is 0.289. The Hall–Kier alpha value is -5.17. The van der Waals surface area contributed by atoms with Crippen molar-refractivity contribution < 1.29 is 23.8 Å². The molecular weight excluding hydrogens is 592 g/mol. The first kappa shape index (κ1) is 33.2. The third-order valence-corrected chi connectivity index (χ3v) is 8.22. The number of benzene rings is 4. The van der Waals surface area contributed by atoms with Gasteiger partial charge in [-0.15, -0.1) is 0 Å². The number of rotatable bonds is 13. The third kappa shape index (κ3) is 9.42. The smallest absolute Gasteiger partial charge is 0.407 e. The molecule has 1 aliphatic rings. The number of alkyl carbamates (subject to hydrolysis) is 1. The molecular formula is C38H40N4O5. The van der Waals surface area contributed by atoms with E-state index in [9.17, 15) is 9.59 Å². The molecule has 0 bridgehead atoms. The van der Waals surface area contributed by atoms with Crippen LogP contribution in [0.4, 0.5) is 10.5 Å². The van der Waals surface area contributed by atoms with Gasteiger partial charge in [-0.2, -0.15) is 5.26 Å². The molecule has 9 heteroatoms. The minimum atomic E-state index is -0.946. The van der Waals surface area contributed by atoms with Crippen molar-refractivity contribution >= 4 is 17.7 Å². The maximum atomic E-state index is 14.0. The summed E-state index contributed by atoms with van der Waals surface area (Å²) >= 11 is 0. The van der Waals surface area contributed by atoms with Crippen LogP contribution < -0.4 is 20.7 Å². The van der Waals surface area contributed by atoms with Gasteiger partial charge in [-0.3, -0.25) is 4.79 Å². The lowest BCUT2D eigenvalue weighted by atomic mass is 9.84. The van der Waals surface area contributed by atoms with Crippen LogP contribution >= 0.6 is 0 Å². The van der Waals surface area contributed by atoms with E-state index in [0.29, 0.717) is 24.3 Å². The molecule has 0 aromatic heterocycles. The van der Waals surface area contributed by atoms with Crippen LogP contribution in [0.2, 0.25) is 0 Å². The van der Waals surface area contributed by atoms with Crippen molar-refractivity contribution in [3.8, 4) is 11.8 Å². The van der Waals surface area contributed by atoms with E-state index < -0.39 is 18.1 Å². The van der Waals surface area contributed by atoms with Gasteiger partial charge in [0.25, 0.3) is 0 Å². The first-order chi connectivity index (χ1) is 23.0. The number of nitrogens with zero attached hydrogens (tertiary/aromatic N) is 1. The number of morpholine rings is 1. The van der Waals surface area contributed by atoms with Gasteiger partial charge in [0, 0.05) is 31.1 Å². The molecule has 1 fully saturated rings. The van der Waals surface area contributed by atoms with Crippen LogP contribution in [0.15, 0.2) is 109 Å². The minimum Gasteiger partial charge on any atom is -0.493 e. The summed E-state index contributed by atoms with van der Waals surface area (Å²) in [5, 5.41) is 18.4. The number of hydrogen-bond acceptors (Lipinski definition) is 7. The Kier molecular flexibility index (Phi) is 12.0. The molecule has 3 atom stereocenters. The number of methoxy groups -OCH3 is 1. The lowest BCUT2D eigenvalue weighted by Gasteiger charge is -2.31. The van der Waals surface area contributed by atoms with Gasteiger partial charge in [-0.1, -0.05) is 78.9 Å². The van der Waals surface area contributed by atoms with E-state index in [1.54, 1.807) is 24.3 Å². The molecule has 9 nitrogen and oxygen atoms in total. The normalized spacial score (nSPS) is 16.4. The van der Waals surface area contributed by atoms with Crippen LogP contribution in [0.5, 0.6) is 5.75 Å². The van der Waals surface area contributed by atoms with Crippen molar-refractivity contribution in [3.63, 3.8) is 0 Å². The van der Waals surface area contributed by atoms with Crippen molar-refractivity contribution in [2.75, 3.05) is 32.1 Å². The molecule has 0 saturated carbocycles. The lowest BCUT2D eigenvalue weighted by molar-refractivity contribution is -0.118. The van der Waals surface area contributed by atoms with Crippen molar-refractivity contribution in [1.29, 1.82) is 5.26 Å². The zero-order valence-electron chi connectivity index (χ0n) is 26.4. The molecule has 1 heterocycles. The first-order valence-electron chi connectivity index (χ1n) is 15.9. The number of carbonyl (C=O) groups excluding carboxylic acids is 2. The number of amides is 2. The molecule has 242 valence electrons. The maximum Gasteiger partial charge on any atom is 0.407 e. The minimum absolute atomic E-state index is 0.00157. The summed E-state index contributed by atoms with van der Waals surface area (Å²) in [7, 11) is 1.29. The molecule has 0 spiro atoms. The molecule has 1 saturated heterocycles. The highest BCUT2D eigenvalue weighted by Gasteiger charge is 2.33. The zero-order valence-corrected chi connectivity index (χ0v) is 26.4. The number of ether oxygens (including phenoxy) is 3. The van der Waals surface area contributed by atoms with Crippen LogP contribution in [0.1, 0.15) is 41.0 Å². The van der Waals surface area contributed by atoms with Gasteiger partial charge < -0.3 is 30.2 Å². The second kappa shape index (κ2) is 16.9. The highest BCUT2D eigenvalue weighted by atomic mass is 16.5. The monoisotopic (exact) mass is 632 g/mol. The molecule has 1 aliphatic heterocycles. The summed E-state index contributed by atoms with van der Waals surface area (Å²) in [6.45, 7) is 1.99. The van der Waals surface area contributed by atoms with Crippen LogP contribution in [-0.2, 0) is 20.7 Å². The van der Waals surface area contributed by atoms with Crippen molar-refractivity contribution in [2.24, 2.45) is 0 Å². The van der Waals surface area contributed by atoms with Gasteiger partial charge in [0.1, 0.15) is 11.8 Å². The van der Waals surface area contributed by atoms with Crippen LogP contribution in [0.25, 0.3) is 0 Å². The number of hydrogen-bond donors (Lipinski definition) is 3. The number of aryl methyl sites for hydroxylation is 1. The molecule has 4 aromatic rings. The van der Waals surface area contributed by atoms with Gasteiger partial charge in [0.15, 0.2) is 0 Å². The Labute approximate surface area is 275 Å². The van der Waals surface area contributed by atoms with Gasteiger partial charge in [-0.05, 0) is 59.9 Å². The number of nitriles is 1. The second-order valence-corrected chi connectivity index (χ2v) is 11.4. The Balaban J connectivity index is 1.23. The topological polar surface area (TPSA) is 122 Å². The highest BCUT2D eigenvalue weighted by molar-refractivity contribution is 5.98. The van der Waals surface area contributed by atoms with Crippen LogP contribution in [0, 0.1) is 11.3 Å². The van der Waals surface area contributed by atoms with Crippen LogP contribution in [-0.4, -0.2) is 57.1 Å². The third-order valence-electron chi connectivity index (χ3n) is 8.22. The Morgan fingerprint density at radius 1 is 0.872 bits per heavy atom. The van der Waals surface area contributed by atoms with Crippen molar-refractivity contribution in [2.45, 2.75) is 43.4 Å². The van der Waals surface area contributed by atoms with E-state index in [1.807, 2.05) is 84.9 Å². The maximum absolute atomic E-state index is 14.0. The average molecular weight is 633 g/mol. The van der Waals surface area contributed by atoms with E-state index in [2.05, 4.69) is 22.0 Å². The first-order valence-corrected chi connectivity index (χ1v) is 15.9. The van der Waals surface area contributed by atoms with E-state index in [1.165, 1.54) is 7.11 Å². The number of carbonyl (C=O) groups is 2. The van der Waals surface area contributed by atoms with E-state index >= 15 is 0 Å².